The van der Waals surface area contributed by atoms with E-state index in [2.05, 4.69) is 13.8 Å². The number of benzene rings is 1. The van der Waals surface area contributed by atoms with Gasteiger partial charge in [-0.15, -0.1) is 0 Å². The molecule has 1 aliphatic rings. The van der Waals surface area contributed by atoms with Crippen molar-refractivity contribution < 1.29 is 14.3 Å². The van der Waals surface area contributed by atoms with E-state index in [1.165, 1.54) is 4.57 Å². The lowest BCUT2D eigenvalue weighted by atomic mass is 9.73. The van der Waals surface area contributed by atoms with Gasteiger partial charge in [-0.3, -0.25) is 4.79 Å². The van der Waals surface area contributed by atoms with Crippen molar-refractivity contribution in [1.29, 1.82) is 0 Å². The SMILES string of the molecule is CC(C)(C)OC(=O)n1c(C(=O)C2=CCCCC2(C)C)cc2ccccc21. The van der Waals surface area contributed by atoms with Gasteiger partial charge in [-0.2, -0.15) is 0 Å². The van der Waals surface area contributed by atoms with Crippen LogP contribution < -0.4 is 0 Å². The summed E-state index contributed by atoms with van der Waals surface area (Å²) in [4.78, 5) is 26.3. The summed E-state index contributed by atoms with van der Waals surface area (Å²) in [6, 6.07) is 9.32. The Kier molecular flexibility index (Phi) is 4.55. The van der Waals surface area contributed by atoms with E-state index < -0.39 is 11.7 Å². The van der Waals surface area contributed by atoms with Gasteiger partial charge in [-0.25, -0.2) is 9.36 Å². The second-order valence-corrected chi connectivity index (χ2v) is 8.63. The molecule has 0 amide bonds. The van der Waals surface area contributed by atoms with Crippen molar-refractivity contribution in [1.82, 2.24) is 4.57 Å². The van der Waals surface area contributed by atoms with Gasteiger partial charge in [0.15, 0.2) is 0 Å². The fraction of sp³-hybridized carbons (Fsp3) is 0.455. The molecule has 1 aromatic heterocycles. The molecule has 1 aliphatic carbocycles. The largest absolute Gasteiger partial charge is 0.443 e. The summed E-state index contributed by atoms with van der Waals surface area (Å²) in [7, 11) is 0. The predicted molar refractivity (Wildman–Crippen MR) is 104 cm³/mol. The molecule has 2 aromatic rings. The Bertz CT molecular complexity index is 894. The summed E-state index contributed by atoms with van der Waals surface area (Å²) in [5.41, 5.74) is 1.04. The van der Waals surface area contributed by atoms with Gasteiger partial charge >= 0.3 is 6.09 Å². The number of para-hydroxylation sites is 1. The maximum Gasteiger partial charge on any atom is 0.419 e. The number of fused-ring (bicyclic) bond motifs is 1. The van der Waals surface area contributed by atoms with Gasteiger partial charge in [0.05, 0.1) is 5.52 Å². The zero-order valence-electron chi connectivity index (χ0n) is 16.3. The van der Waals surface area contributed by atoms with Crippen LogP contribution in [0.2, 0.25) is 0 Å². The van der Waals surface area contributed by atoms with Crippen LogP contribution in [0, 0.1) is 5.41 Å². The van der Waals surface area contributed by atoms with Crippen LogP contribution in [0.3, 0.4) is 0 Å². The summed E-state index contributed by atoms with van der Waals surface area (Å²) in [5, 5.41) is 0.857. The maximum atomic E-state index is 13.4. The van der Waals surface area contributed by atoms with Crippen molar-refractivity contribution in [3.05, 3.63) is 47.7 Å². The molecule has 0 spiro atoms. The number of hydrogen-bond acceptors (Lipinski definition) is 3. The van der Waals surface area contributed by atoms with E-state index in [1.807, 2.05) is 51.1 Å². The molecule has 0 radical (unpaired) electrons. The third kappa shape index (κ3) is 3.46. The van der Waals surface area contributed by atoms with Crippen molar-refractivity contribution in [2.24, 2.45) is 5.41 Å². The van der Waals surface area contributed by atoms with Crippen LogP contribution >= 0.6 is 0 Å². The summed E-state index contributed by atoms with van der Waals surface area (Å²) in [6.45, 7) is 9.66. The Morgan fingerprint density at radius 3 is 2.50 bits per heavy atom. The van der Waals surface area contributed by atoms with Gasteiger partial charge < -0.3 is 4.74 Å². The Labute approximate surface area is 154 Å². The first-order valence-corrected chi connectivity index (χ1v) is 9.19. The molecule has 4 heteroatoms. The molecule has 0 saturated carbocycles. The highest BCUT2D eigenvalue weighted by Crippen LogP contribution is 2.39. The minimum atomic E-state index is -0.633. The van der Waals surface area contributed by atoms with Crippen molar-refractivity contribution in [3.63, 3.8) is 0 Å². The average molecular weight is 353 g/mol. The lowest BCUT2D eigenvalue weighted by molar-refractivity contribution is 0.0536. The topological polar surface area (TPSA) is 48.3 Å². The first kappa shape index (κ1) is 18.4. The van der Waals surface area contributed by atoms with Gasteiger partial charge in [0, 0.05) is 11.0 Å². The van der Waals surface area contributed by atoms with E-state index in [-0.39, 0.29) is 11.2 Å². The molecule has 0 fully saturated rings. The Morgan fingerprint density at radius 2 is 1.85 bits per heavy atom. The molecule has 0 saturated heterocycles. The lowest BCUT2D eigenvalue weighted by Gasteiger charge is -2.31. The molecular weight excluding hydrogens is 326 g/mol. The minimum Gasteiger partial charge on any atom is -0.443 e. The molecule has 4 nitrogen and oxygen atoms in total. The summed E-state index contributed by atoms with van der Waals surface area (Å²) >= 11 is 0. The summed E-state index contributed by atoms with van der Waals surface area (Å²) in [5.74, 6) is -0.0863. The minimum absolute atomic E-state index is 0.0863. The molecular formula is C22H27NO3. The van der Waals surface area contributed by atoms with E-state index in [0.717, 1.165) is 30.2 Å². The molecule has 138 valence electrons. The number of allylic oxidation sites excluding steroid dienone is 2. The van der Waals surface area contributed by atoms with Crippen LogP contribution in [0.5, 0.6) is 0 Å². The number of aromatic nitrogens is 1. The maximum absolute atomic E-state index is 13.4. The fourth-order valence-electron chi connectivity index (χ4n) is 3.57. The predicted octanol–water partition coefficient (Wildman–Crippen LogP) is 5.74. The molecule has 1 heterocycles. The Morgan fingerprint density at radius 1 is 1.15 bits per heavy atom. The lowest BCUT2D eigenvalue weighted by Crippen LogP contribution is -2.30. The van der Waals surface area contributed by atoms with Crippen LogP contribution in [-0.2, 0) is 4.74 Å². The number of hydrogen-bond donors (Lipinski definition) is 0. The van der Waals surface area contributed by atoms with Crippen molar-refractivity contribution in [2.45, 2.75) is 59.5 Å². The Hall–Kier alpha value is -2.36. The van der Waals surface area contributed by atoms with E-state index in [1.54, 1.807) is 6.07 Å². The van der Waals surface area contributed by atoms with Gasteiger partial charge in [-0.05, 0) is 57.6 Å². The van der Waals surface area contributed by atoms with E-state index in [4.69, 9.17) is 4.74 Å². The van der Waals surface area contributed by atoms with Crippen LogP contribution in [-0.4, -0.2) is 22.0 Å². The van der Waals surface area contributed by atoms with Gasteiger partial charge in [0.25, 0.3) is 0 Å². The average Bonchev–Trinajstić information content (AvgIpc) is 2.91. The molecule has 0 bridgehead atoms. The number of nitrogens with zero attached hydrogens (tertiary/aromatic N) is 1. The molecule has 0 N–H and O–H groups in total. The first-order chi connectivity index (χ1) is 12.1. The third-order valence-electron chi connectivity index (χ3n) is 4.85. The highest BCUT2D eigenvalue weighted by Gasteiger charge is 2.34. The number of Topliss-reactive ketones (excluding diaryl/α,β-unsaturated/α-hetero) is 1. The molecule has 3 rings (SSSR count). The standard InChI is InChI=1S/C22H27NO3/c1-21(2,3)26-20(25)23-17-12-7-6-10-15(17)14-18(23)19(24)16-11-8-9-13-22(16,4)5/h6-7,10-12,14H,8-9,13H2,1-5H3. The number of rotatable bonds is 2. The van der Waals surface area contributed by atoms with Gasteiger partial charge in [0.1, 0.15) is 11.3 Å². The number of carbonyl (C=O) groups is 2. The van der Waals surface area contributed by atoms with Crippen molar-refractivity contribution in [2.75, 3.05) is 0 Å². The van der Waals surface area contributed by atoms with Crippen LogP contribution in [0.4, 0.5) is 4.79 Å². The van der Waals surface area contributed by atoms with Crippen LogP contribution in [0.25, 0.3) is 10.9 Å². The van der Waals surface area contributed by atoms with Crippen LogP contribution in [0.15, 0.2) is 42.0 Å². The zero-order valence-corrected chi connectivity index (χ0v) is 16.3. The second-order valence-electron chi connectivity index (χ2n) is 8.63. The van der Waals surface area contributed by atoms with Crippen molar-refractivity contribution in [3.8, 4) is 0 Å². The monoisotopic (exact) mass is 353 g/mol. The van der Waals surface area contributed by atoms with Gasteiger partial charge in [-0.1, -0.05) is 38.1 Å². The molecule has 0 unspecified atom stereocenters. The molecule has 0 aliphatic heterocycles. The normalized spacial score (nSPS) is 17.0. The number of carbonyl (C=O) groups excluding carboxylic acids is 2. The zero-order chi connectivity index (χ0) is 19.1. The quantitative estimate of drug-likeness (QED) is 0.646. The summed E-state index contributed by atoms with van der Waals surface area (Å²) in [6.07, 6.45) is 4.46. The second kappa shape index (κ2) is 6.42. The van der Waals surface area contributed by atoms with E-state index in [0.29, 0.717) is 11.2 Å². The van der Waals surface area contributed by atoms with Gasteiger partial charge in [0.2, 0.25) is 5.78 Å². The van der Waals surface area contributed by atoms with Crippen LogP contribution in [0.1, 0.15) is 64.4 Å². The highest BCUT2D eigenvalue weighted by molar-refractivity contribution is 6.13. The molecule has 1 aromatic carbocycles. The number of ether oxygens (including phenoxy) is 1. The molecule has 26 heavy (non-hydrogen) atoms. The molecule has 0 atom stereocenters. The van der Waals surface area contributed by atoms with E-state index in [9.17, 15) is 9.59 Å². The first-order valence-electron chi connectivity index (χ1n) is 9.19. The van der Waals surface area contributed by atoms with Crippen molar-refractivity contribution >= 4 is 22.8 Å². The third-order valence-corrected chi connectivity index (χ3v) is 4.85. The summed E-state index contributed by atoms with van der Waals surface area (Å²) < 4.78 is 7.00. The smallest absolute Gasteiger partial charge is 0.419 e. The fourth-order valence-corrected chi connectivity index (χ4v) is 3.57. The Balaban J connectivity index is 2.14. The van der Waals surface area contributed by atoms with E-state index >= 15 is 0 Å². The highest BCUT2D eigenvalue weighted by atomic mass is 16.6. The number of ketones is 1.